The van der Waals surface area contributed by atoms with Crippen molar-refractivity contribution in [3.05, 3.63) is 29.3 Å². The van der Waals surface area contributed by atoms with Gasteiger partial charge in [-0.2, -0.15) is 0 Å². The van der Waals surface area contributed by atoms with Gasteiger partial charge in [-0.1, -0.05) is 0 Å². The summed E-state index contributed by atoms with van der Waals surface area (Å²) >= 11 is 0. The van der Waals surface area contributed by atoms with Crippen molar-refractivity contribution in [1.29, 1.82) is 0 Å². The lowest BCUT2D eigenvalue weighted by molar-refractivity contribution is -0.138. The van der Waals surface area contributed by atoms with E-state index in [1.807, 2.05) is 16.7 Å². The van der Waals surface area contributed by atoms with Crippen LogP contribution >= 0.6 is 0 Å². The van der Waals surface area contributed by atoms with Crippen molar-refractivity contribution in [3.8, 4) is 5.75 Å². The largest absolute Gasteiger partial charge is 0.497 e. The van der Waals surface area contributed by atoms with Gasteiger partial charge in [0.05, 0.1) is 19.8 Å². The summed E-state index contributed by atoms with van der Waals surface area (Å²) in [6.07, 6.45) is 3.29. The van der Waals surface area contributed by atoms with Crippen LogP contribution in [0.15, 0.2) is 18.2 Å². The van der Waals surface area contributed by atoms with Gasteiger partial charge in [-0.25, -0.2) is 4.79 Å². The molecule has 2 amide bonds. The van der Waals surface area contributed by atoms with Gasteiger partial charge in [0, 0.05) is 43.6 Å². The average molecular weight is 388 g/mol. The number of piperidine rings is 2. The van der Waals surface area contributed by atoms with Gasteiger partial charge in [0.25, 0.3) is 5.91 Å². The summed E-state index contributed by atoms with van der Waals surface area (Å²) in [4.78, 5) is 41.0. The standard InChI is InChI=1S/C21H28N2O5/c1-4-22-13-21(8-6-18(22)24)7-5-9-23(14-21)19(25)15-10-16(20(26)28-3)12-17(11-15)27-2/h10-12H,4-9,13-14H2,1-3H3. The predicted octanol–water partition coefficient (Wildman–Crippen LogP) is 2.35. The van der Waals surface area contributed by atoms with E-state index in [0.29, 0.717) is 43.9 Å². The second-order valence-electron chi connectivity index (χ2n) is 7.68. The molecule has 2 heterocycles. The number of rotatable bonds is 4. The molecule has 0 N–H and O–H groups in total. The normalized spacial score (nSPS) is 22.3. The first-order valence-electron chi connectivity index (χ1n) is 9.76. The van der Waals surface area contributed by atoms with E-state index in [0.717, 1.165) is 19.3 Å². The molecule has 0 saturated carbocycles. The minimum absolute atomic E-state index is 0.0398. The number of ether oxygens (including phenoxy) is 2. The highest BCUT2D eigenvalue weighted by Gasteiger charge is 2.42. The number of amides is 2. The maximum Gasteiger partial charge on any atom is 0.338 e. The summed E-state index contributed by atoms with van der Waals surface area (Å²) in [6, 6.07) is 4.77. The molecule has 1 atom stereocenters. The Labute approximate surface area is 165 Å². The molecule has 7 nitrogen and oxygen atoms in total. The van der Waals surface area contributed by atoms with E-state index in [4.69, 9.17) is 9.47 Å². The Morgan fingerprint density at radius 1 is 1.11 bits per heavy atom. The van der Waals surface area contributed by atoms with Crippen molar-refractivity contribution in [1.82, 2.24) is 9.80 Å². The molecule has 2 fully saturated rings. The van der Waals surface area contributed by atoms with Crippen molar-refractivity contribution < 1.29 is 23.9 Å². The molecule has 28 heavy (non-hydrogen) atoms. The SMILES string of the molecule is CCN1CC2(CCCN(C(=O)c3cc(OC)cc(C(=O)OC)c3)C2)CCC1=O. The van der Waals surface area contributed by atoms with E-state index < -0.39 is 5.97 Å². The van der Waals surface area contributed by atoms with E-state index in [-0.39, 0.29) is 22.8 Å². The van der Waals surface area contributed by atoms with Crippen LogP contribution in [-0.2, 0) is 9.53 Å². The number of carbonyl (C=O) groups is 3. The zero-order chi connectivity index (χ0) is 20.3. The van der Waals surface area contributed by atoms with Gasteiger partial charge >= 0.3 is 5.97 Å². The number of hydrogen-bond acceptors (Lipinski definition) is 5. The van der Waals surface area contributed by atoms with Gasteiger partial charge in [-0.05, 0) is 44.4 Å². The summed E-state index contributed by atoms with van der Waals surface area (Å²) in [5, 5.41) is 0. The fourth-order valence-corrected chi connectivity index (χ4v) is 4.36. The van der Waals surface area contributed by atoms with Crippen LogP contribution in [0.3, 0.4) is 0 Å². The lowest BCUT2D eigenvalue weighted by Gasteiger charge is -2.48. The summed E-state index contributed by atoms with van der Waals surface area (Å²) in [6.45, 7) is 4.70. The van der Waals surface area contributed by atoms with Crippen LogP contribution < -0.4 is 4.74 Å². The Morgan fingerprint density at radius 2 is 1.86 bits per heavy atom. The maximum atomic E-state index is 13.2. The fraction of sp³-hybridized carbons (Fsp3) is 0.571. The third-order valence-electron chi connectivity index (χ3n) is 5.89. The van der Waals surface area contributed by atoms with Gasteiger partial charge in [0.1, 0.15) is 5.75 Å². The van der Waals surface area contributed by atoms with Crippen molar-refractivity contribution in [2.75, 3.05) is 40.4 Å². The number of likely N-dealkylation sites (tertiary alicyclic amines) is 2. The zero-order valence-corrected chi connectivity index (χ0v) is 16.8. The van der Waals surface area contributed by atoms with Gasteiger partial charge in [-0.3, -0.25) is 9.59 Å². The molecule has 1 aromatic rings. The number of nitrogens with zero attached hydrogens (tertiary/aromatic N) is 2. The summed E-state index contributed by atoms with van der Waals surface area (Å²) in [5.74, 6) is 0.0148. The van der Waals surface area contributed by atoms with E-state index in [1.165, 1.54) is 14.2 Å². The molecule has 0 radical (unpaired) electrons. The van der Waals surface area contributed by atoms with Crippen LogP contribution in [-0.4, -0.2) is 68.0 Å². The molecule has 0 aromatic heterocycles. The van der Waals surface area contributed by atoms with Crippen LogP contribution in [0.1, 0.15) is 53.3 Å². The lowest BCUT2D eigenvalue weighted by atomic mass is 9.73. The maximum absolute atomic E-state index is 13.2. The summed E-state index contributed by atoms with van der Waals surface area (Å²) in [7, 11) is 2.81. The minimum atomic E-state index is -0.507. The molecule has 2 saturated heterocycles. The van der Waals surface area contributed by atoms with Crippen LogP contribution in [0.5, 0.6) is 5.75 Å². The third kappa shape index (κ3) is 3.98. The number of benzene rings is 1. The van der Waals surface area contributed by atoms with Gasteiger partial charge < -0.3 is 19.3 Å². The second kappa shape index (κ2) is 8.20. The quantitative estimate of drug-likeness (QED) is 0.740. The molecule has 1 spiro atoms. The predicted molar refractivity (Wildman–Crippen MR) is 103 cm³/mol. The van der Waals surface area contributed by atoms with Crippen molar-refractivity contribution in [2.45, 2.75) is 32.6 Å². The van der Waals surface area contributed by atoms with Crippen molar-refractivity contribution in [3.63, 3.8) is 0 Å². The van der Waals surface area contributed by atoms with Crippen molar-refractivity contribution >= 4 is 17.8 Å². The highest BCUT2D eigenvalue weighted by Crippen LogP contribution is 2.39. The summed E-state index contributed by atoms with van der Waals surface area (Å²) < 4.78 is 10.0. The average Bonchev–Trinajstić information content (AvgIpc) is 2.74. The van der Waals surface area contributed by atoms with Crippen LogP contribution in [0, 0.1) is 5.41 Å². The smallest absolute Gasteiger partial charge is 0.338 e. The number of hydrogen-bond donors (Lipinski definition) is 0. The van der Waals surface area contributed by atoms with Gasteiger partial charge in [-0.15, -0.1) is 0 Å². The molecular weight excluding hydrogens is 360 g/mol. The van der Waals surface area contributed by atoms with Crippen LogP contribution in [0.4, 0.5) is 0 Å². The van der Waals surface area contributed by atoms with Crippen LogP contribution in [0.25, 0.3) is 0 Å². The Bertz CT molecular complexity index is 778. The third-order valence-corrected chi connectivity index (χ3v) is 5.89. The first kappa shape index (κ1) is 20.2. The van der Waals surface area contributed by atoms with E-state index in [2.05, 4.69) is 0 Å². The molecule has 1 aromatic carbocycles. The fourth-order valence-electron chi connectivity index (χ4n) is 4.36. The van der Waals surface area contributed by atoms with Gasteiger partial charge in [0.15, 0.2) is 0 Å². The highest BCUT2D eigenvalue weighted by molar-refractivity contribution is 5.98. The second-order valence-corrected chi connectivity index (χ2v) is 7.68. The molecule has 7 heteroatoms. The summed E-state index contributed by atoms with van der Waals surface area (Å²) in [5.41, 5.74) is 0.662. The molecule has 0 bridgehead atoms. The van der Waals surface area contributed by atoms with E-state index in [1.54, 1.807) is 18.2 Å². The first-order chi connectivity index (χ1) is 13.4. The topological polar surface area (TPSA) is 76.2 Å². The Balaban J connectivity index is 1.82. The monoisotopic (exact) mass is 388 g/mol. The highest BCUT2D eigenvalue weighted by atomic mass is 16.5. The molecule has 2 aliphatic heterocycles. The Morgan fingerprint density at radius 3 is 2.54 bits per heavy atom. The van der Waals surface area contributed by atoms with Crippen molar-refractivity contribution in [2.24, 2.45) is 5.41 Å². The van der Waals surface area contributed by atoms with Gasteiger partial charge in [0.2, 0.25) is 5.91 Å². The van der Waals surface area contributed by atoms with E-state index >= 15 is 0 Å². The number of esters is 1. The molecule has 152 valence electrons. The lowest BCUT2D eigenvalue weighted by Crippen LogP contribution is -2.55. The van der Waals surface area contributed by atoms with Crippen LogP contribution in [0.2, 0.25) is 0 Å². The Kier molecular flexibility index (Phi) is 5.91. The number of methoxy groups -OCH3 is 2. The molecular formula is C21H28N2O5. The molecule has 1 unspecified atom stereocenters. The molecule has 2 aliphatic rings. The first-order valence-corrected chi connectivity index (χ1v) is 9.76. The number of carbonyl (C=O) groups excluding carboxylic acids is 3. The zero-order valence-electron chi connectivity index (χ0n) is 16.8. The Hall–Kier alpha value is -2.57. The molecule has 0 aliphatic carbocycles. The van der Waals surface area contributed by atoms with E-state index in [9.17, 15) is 14.4 Å². The minimum Gasteiger partial charge on any atom is -0.497 e. The molecule has 3 rings (SSSR count).